The van der Waals surface area contributed by atoms with Crippen LogP contribution in [0.5, 0.6) is 0 Å². The topological polar surface area (TPSA) is 68.1 Å². The van der Waals surface area contributed by atoms with Crippen LogP contribution in [0, 0.1) is 15.9 Å². The zero-order chi connectivity index (χ0) is 15.2. The van der Waals surface area contributed by atoms with Crippen molar-refractivity contribution < 1.29 is 9.31 Å². The van der Waals surface area contributed by atoms with Gasteiger partial charge in [-0.3, -0.25) is 15.1 Å². The van der Waals surface area contributed by atoms with Crippen molar-refractivity contribution >= 4 is 5.69 Å². The van der Waals surface area contributed by atoms with Gasteiger partial charge in [0, 0.05) is 24.7 Å². The number of pyridine rings is 1. The van der Waals surface area contributed by atoms with Gasteiger partial charge in [0.15, 0.2) is 0 Å². The van der Waals surface area contributed by atoms with E-state index in [1.54, 1.807) is 18.2 Å². The van der Waals surface area contributed by atoms with Crippen molar-refractivity contribution in [1.82, 2.24) is 10.3 Å². The molecule has 5 nitrogen and oxygen atoms in total. The lowest BCUT2D eigenvalue weighted by Crippen LogP contribution is -2.21. The molecule has 1 heterocycles. The molecule has 110 valence electrons. The number of rotatable bonds is 6. The highest BCUT2D eigenvalue weighted by atomic mass is 19.1. The van der Waals surface area contributed by atoms with Crippen LogP contribution in [-0.4, -0.2) is 9.91 Å². The fraction of sp³-hybridized carbons (Fsp3) is 0.267. The van der Waals surface area contributed by atoms with Gasteiger partial charge in [0.2, 0.25) is 0 Å². The first-order valence-electron chi connectivity index (χ1n) is 6.68. The number of nitrogens with zero attached hydrogens (tertiary/aromatic N) is 2. The Hall–Kier alpha value is -2.34. The minimum atomic E-state index is -0.422. The van der Waals surface area contributed by atoms with Gasteiger partial charge in [-0.1, -0.05) is 19.1 Å². The van der Waals surface area contributed by atoms with Gasteiger partial charge in [0.05, 0.1) is 16.8 Å². The molecule has 2 aromatic rings. The van der Waals surface area contributed by atoms with E-state index >= 15 is 0 Å². The van der Waals surface area contributed by atoms with Crippen LogP contribution in [0.4, 0.5) is 10.1 Å². The largest absolute Gasteiger partial charge is 0.305 e. The molecule has 0 saturated heterocycles. The van der Waals surface area contributed by atoms with Crippen LogP contribution in [0.1, 0.15) is 30.6 Å². The molecule has 0 spiro atoms. The molecule has 1 aromatic carbocycles. The van der Waals surface area contributed by atoms with Crippen molar-refractivity contribution in [2.24, 2.45) is 0 Å². The fourth-order valence-corrected chi connectivity index (χ4v) is 2.03. The van der Waals surface area contributed by atoms with E-state index in [1.165, 1.54) is 24.4 Å². The number of nitrogens with one attached hydrogen (secondary N) is 1. The molecule has 1 atom stereocenters. The molecule has 2 rings (SSSR count). The van der Waals surface area contributed by atoms with Crippen LogP contribution in [0.15, 0.2) is 42.6 Å². The Morgan fingerprint density at radius 2 is 2.00 bits per heavy atom. The van der Waals surface area contributed by atoms with Crippen LogP contribution in [0.25, 0.3) is 0 Å². The predicted octanol–water partition coefficient (Wildman–Crippen LogP) is 3.37. The van der Waals surface area contributed by atoms with Gasteiger partial charge in [-0.25, -0.2) is 4.39 Å². The highest BCUT2D eigenvalue weighted by Crippen LogP contribution is 2.16. The van der Waals surface area contributed by atoms with E-state index in [1.807, 2.05) is 6.92 Å². The smallest absolute Gasteiger partial charge is 0.269 e. The van der Waals surface area contributed by atoms with Crippen molar-refractivity contribution in [1.29, 1.82) is 0 Å². The summed E-state index contributed by atoms with van der Waals surface area (Å²) in [6.07, 6.45) is 2.01. The Kier molecular flexibility index (Phi) is 4.94. The molecule has 0 saturated carbocycles. The molecule has 0 radical (unpaired) electrons. The quantitative estimate of drug-likeness (QED) is 0.654. The maximum atomic E-state index is 12.9. The van der Waals surface area contributed by atoms with Crippen LogP contribution in [0.3, 0.4) is 0 Å². The lowest BCUT2D eigenvalue weighted by molar-refractivity contribution is -0.384. The Balaban J connectivity index is 1.99. The standard InChI is InChI=1S/C15H16FN3O2/c1-2-14(15-8-5-12(16)10-18-15)17-9-11-3-6-13(7-4-11)19(20)21/h3-8,10,14,17H,2,9H2,1H3. The number of halogens is 1. The van der Waals surface area contributed by atoms with Crippen molar-refractivity contribution in [3.63, 3.8) is 0 Å². The van der Waals surface area contributed by atoms with Crippen molar-refractivity contribution in [3.05, 3.63) is 69.8 Å². The highest BCUT2D eigenvalue weighted by molar-refractivity contribution is 5.32. The maximum absolute atomic E-state index is 12.9. The molecule has 1 N–H and O–H groups in total. The van der Waals surface area contributed by atoms with Gasteiger partial charge in [-0.15, -0.1) is 0 Å². The first kappa shape index (κ1) is 15.1. The number of non-ortho nitro benzene ring substituents is 1. The Morgan fingerprint density at radius 3 is 2.52 bits per heavy atom. The summed E-state index contributed by atoms with van der Waals surface area (Å²) in [6.45, 7) is 2.58. The highest BCUT2D eigenvalue weighted by Gasteiger charge is 2.11. The van der Waals surface area contributed by atoms with E-state index in [0.717, 1.165) is 17.7 Å². The van der Waals surface area contributed by atoms with Crippen molar-refractivity contribution in [2.75, 3.05) is 0 Å². The van der Waals surface area contributed by atoms with Gasteiger partial charge in [0.25, 0.3) is 5.69 Å². The molecular weight excluding hydrogens is 273 g/mol. The van der Waals surface area contributed by atoms with Gasteiger partial charge < -0.3 is 5.32 Å². The molecule has 0 aliphatic carbocycles. The van der Waals surface area contributed by atoms with Gasteiger partial charge in [0.1, 0.15) is 5.82 Å². The third kappa shape index (κ3) is 4.06. The summed E-state index contributed by atoms with van der Waals surface area (Å²) in [5.41, 5.74) is 1.80. The zero-order valence-corrected chi connectivity index (χ0v) is 11.6. The number of aromatic nitrogens is 1. The van der Waals surface area contributed by atoms with Crippen LogP contribution >= 0.6 is 0 Å². The SMILES string of the molecule is CCC(NCc1ccc([N+](=O)[O-])cc1)c1ccc(F)cn1. The molecular formula is C15H16FN3O2. The molecule has 1 aromatic heterocycles. The summed E-state index contributed by atoms with van der Waals surface area (Å²) in [6, 6.07) is 9.46. The van der Waals surface area contributed by atoms with Crippen molar-refractivity contribution in [2.45, 2.75) is 25.9 Å². The minimum absolute atomic E-state index is 0.0146. The first-order chi connectivity index (χ1) is 10.1. The zero-order valence-electron chi connectivity index (χ0n) is 11.6. The van der Waals surface area contributed by atoms with E-state index in [-0.39, 0.29) is 17.5 Å². The van der Waals surface area contributed by atoms with Crippen LogP contribution < -0.4 is 5.32 Å². The molecule has 6 heteroatoms. The van der Waals surface area contributed by atoms with Crippen molar-refractivity contribution in [3.8, 4) is 0 Å². The Bertz CT molecular complexity index is 599. The van der Waals surface area contributed by atoms with E-state index < -0.39 is 4.92 Å². The van der Waals surface area contributed by atoms with Gasteiger partial charge in [-0.05, 0) is 24.1 Å². The van der Waals surface area contributed by atoms with Gasteiger partial charge in [-0.2, -0.15) is 0 Å². The number of nitro groups is 1. The second-order valence-corrected chi connectivity index (χ2v) is 4.67. The van der Waals surface area contributed by atoms with E-state index in [0.29, 0.717) is 6.54 Å². The second kappa shape index (κ2) is 6.90. The molecule has 0 aliphatic rings. The molecule has 1 unspecified atom stereocenters. The molecule has 21 heavy (non-hydrogen) atoms. The average Bonchev–Trinajstić information content (AvgIpc) is 2.50. The minimum Gasteiger partial charge on any atom is -0.305 e. The lowest BCUT2D eigenvalue weighted by Gasteiger charge is -2.16. The number of hydrogen-bond donors (Lipinski definition) is 1. The Labute approximate surface area is 122 Å². The van der Waals surface area contributed by atoms with Crippen LogP contribution in [0.2, 0.25) is 0 Å². The summed E-state index contributed by atoms with van der Waals surface area (Å²) >= 11 is 0. The summed E-state index contributed by atoms with van der Waals surface area (Å²) in [7, 11) is 0. The molecule has 0 aliphatic heterocycles. The summed E-state index contributed by atoms with van der Waals surface area (Å²) in [4.78, 5) is 14.2. The number of nitro benzene ring substituents is 1. The summed E-state index contributed by atoms with van der Waals surface area (Å²) in [5.74, 6) is -0.357. The number of hydrogen-bond acceptors (Lipinski definition) is 4. The third-order valence-electron chi connectivity index (χ3n) is 3.22. The van der Waals surface area contributed by atoms with E-state index in [4.69, 9.17) is 0 Å². The predicted molar refractivity (Wildman–Crippen MR) is 77.2 cm³/mol. The first-order valence-corrected chi connectivity index (χ1v) is 6.68. The van der Waals surface area contributed by atoms with Gasteiger partial charge >= 0.3 is 0 Å². The monoisotopic (exact) mass is 289 g/mol. The molecule has 0 bridgehead atoms. The van der Waals surface area contributed by atoms with E-state index in [9.17, 15) is 14.5 Å². The lowest BCUT2D eigenvalue weighted by atomic mass is 10.1. The summed E-state index contributed by atoms with van der Waals surface area (Å²) < 4.78 is 12.9. The average molecular weight is 289 g/mol. The number of benzene rings is 1. The van der Waals surface area contributed by atoms with Crippen LogP contribution in [-0.2, 0) is 6.54 Å². The normalized spacial score (nSPS) is 12.1. The second-order valence-electron chi connectivity index (χ2n) is 4.67. The Morgan fingerprint density at radius 1 is 1.29 bits per heavy atom. The summed E-state index contributed by atoms with van der Waals surface area (Å²) in [5, 5.41) is 13.9. The van der Waals surface area contributed by atoms with E-state index in [2.05, 4.69) is 10.3 Å². The molecule has 0 amide bonds. The molecule has 0 fully saturated rings. The fourth-order valence-electron chi connectivity index (χ4n) is 2.03. The maximum Gasteiger partial charge on any atom is 0.269 e. The third-order valence-corrected chi connectivity index (χ3v) is 3.22.